The van der Waals surface area contributed by atoms with Crippen molar-refractivity contribution in [2.24, 2.45) is 5.92 Å². The zero-order valence-electron chi connectivity index (χ0n) is 19.4. The summed E-state index contributed by atoms with van der Waals surface area (Å²) in [5, 5.41) is 31.5. The van der Waals surface area contributed by atoms with Crippen LogP contribution in [0.5, 0.6) is 11.5 Å². The van der Waals surface area contributed by atoms with E-state index in [-0.39, 0.29) is 35.4 Å². The molecule has 0 saturated carbocycles. The summed E-state index contributed by atoms with van der Waals surface area (Å²) in [5.41, 5.74) is 0.460. The van der Waals surface area contributed by atoms with Crippen LogP contribution in [0, 0.1) is 11.3 Å². The molecule has 2 unspecified atom stereocenters. The van der Waals surface area contributed by atoms with Gasteiger partial charge in [-0.2, -0.15) is 0 Å². The topological polar surface area (TPSA) is 175 Å². The molecule has 0 bridgehead atoms. The largest absolute Gasteiger partial charge is 0.508 e. The van der Waals surface area contributed by atoms with Crippen LogP contribution < -0.4 is 15.4 Å². The van der Waals surface area contributed by atoms with Crippen molar-refractivity contribution in [2.75, 3.05) is 6.61 Å². The van der Waals surface area contributed by atoms with E-state index in [4.69, 9.17) is 14.9 Å². The first kappa shape index (κ1) is 26.8. The summed E-state index contributed by atoms with van der Waals surface area (Å²) in [7, 11) is 0. The highest BCUT2D eigenvalue weighted by atomic mass is 16.5. The number of aliphatic carboxylic acids is 1. The molecule has 2 rings (SSSR count). The molecule has 0 fully saturated rings. The van der Waals surface area contributed by atoms with Crippen LogP contribution in [0.25, 0.3) is 0 Å². The van der Waals surface area contributed by atoms with Crippen molar-refractivity contribution >= 4 is 29.6 Å². The molecule has 35 heavy (non-hydrogen) atoms. The fourth-order valence-corrected chi connectivity index (χ4v) is 2.74. The number of carbonyl (C=O) groups excluding carboxylic acids is 3. The van der Waals surface area contributed by atoms with E-state index in [1.54, 1.807) is 0 Å². The second kappa shape index (κ2) is 12.2. The Morgan fingerprint density at radius 3 is 2.20 bits per heavy atom. The van der Waals surface area contributed by atoms with Gasteiger partial charge in [0.2, 0.25) is 5.78 Å². The number of carbonyl (C=O) groups is 4. The number of Topliss-reactive ketones (excluding diaryl/α,β-unsaturated/α-hetero) is 1. The van der Waals surface area contributed by atoms with Crippen LogP contribution in [0.2, 0.25) is 0 Å². The first-order valence-corrected chi connectivity index (χ1v) is 10.6. The Hall–Kier alpha value is -4.41. The average Bonchev–Trinajstić information content (AvgIpc) is 2.80. The third-order valence-corrected chi connectivity index (χ3v) is 4.54. The molecule has 0 spiro atoms. The third kappa shape index (κ3) is 8.14. The first-order valence-electron chi connectivity index (χ1n) is 10.6. The Bertz CT molecular complexity index is 1100. The number of rotatable bonds is 10. The van der Waals surface area contributed by atoms with Crippen molar-refractivity contribution in [3.05, 3.63) is 59.7 Å². The second-order valence-electron chi connectivity index (χ2n) is 8.00. The van der Waals surface area contributed by atoms with Crippen molar-refractivity contribution < 1.29 is 38.9 Å². The van der Waals surface area contributed by atoms with Gasteiger partial charge in [0.15, 0.2) is 0 Å². The van der Waals surface area contributed by atoms with Crippen molar-refractivity contribution in [2.45, 2.75) is 32.9 Å². The maximum atomic E-state index is 12.6. The van der Waals surface area contributed by atoms with Crippen molar-refractivity contribution in [1.82, 2.24) is 10.6 Å². The van der Waals surface area contributed by atoms with E-state index in [2.05, 4.69) is 10.6 Å². The average molecular weight is 485 g/mol. The van der Waals surface area contributed by atoms with Gasteiger partial charge in [-0.3, -0.25) is 20.3 Å². The van der Waals surface area contributed by atoms with Crippen LogP contribution in [0.1, 0.15) is 36.7 Å². The van der Waals surface area contributed by atoms with Crippen LogP contribution in [0.4, 0.5) is 4.79 Å². The molecular weight excluding hydrogens is 458 g/mol. The van der Waals surface area contributed by atoms with Gasteiger partial charge in [-0.05, 0) is 37.1 Å². The zero-order chi connectivity index (χ0) is 26.1. The number of ketones is 1. The molecule has 0 radical (unpaired) electrons. The van der Waals surface area contributed by atoms with Gasteiger partial charge in [0.1, 0.15) is 17.3 Å². The summed E-state index contributed by atoms with van der Waals surface area (Å²) >= 11 is 0. The SMILES string of the molecule is CC(C)COC(=O)NC(=N)c1ccc(C(=O)NC(C)C(=O)C(Oc2cccc(O)c2)C(=O)O)cc1. The molecule has 2 atom stereocenters. The van der Waals surface area contributed by atoms with Crippen LogP contribution in [-0.4, -0.2) is 58.6 Å². The van der Waals surface area contributed by atoms with Gasteiger partial charge >= 0.3 is 12.1 Å². The molecule has 5 N–H and O–H groups in total. The highest BCUT2D eigenvalue weighted by molar-refractivity contribution is 6.07. The van der Waals surface area contributed by atoms with Crippen LogP contribution in [-0.2, 0) is 14.3 Å². The molecule has 186 valence electrons. The predicted molar refractivity (Wildman–Crippen MR) is 125 cm³/mol. The summed E-state index contributed by atoms with van der Waals surface area (Å²) in [4.78, 5) is 48.4. The highest BCUT2D eigenvalue weighted by Gasteiger charge is 2.33. The lowest BCUT2D eigenvalue weighted by Crippen LogP contribution is -2.48. The molecule has 0 saturated heterocycles. The van der Waals surface area contributed by atoms with E-state index >= 15 is 0 Å². The Morgan fingerprint density at radius 2 is 1.63 bits per heavy atom. The molecule has 2 aromatic rings. The molecule has 0 aromatic heterocycles. The smallest absolute Gasteiger partial charge is 0.412 e. The number of benzene rings is 2. The number of phenols is 1. The van der Waals surface area contributed by atoms with Crippen molar-refractivity contribution in [1.29, 1.82) is 5.41 Å². The fourth-order valence-electron chi connectivity index (χ4n) is 2.74. The molecule has 0 aliphatic rings. The number of carboxylic acids is 1. The Balaban J connectivity index is 1.99. The summed E-state index contributed by atoms with van der Waals surface area (Å²) < 4.78 is 10.2. The van der Waals surface area contributed by atoms with Crippen molar-refractivity contribution in [3.8, 4) is 11.5 Å². The van der Waals surface area contributed by atoms with Crippen LogP contribution in [0.15, 0.2) is 48.5 Å². The summed E-state index contributed by atoms with van der Waals surface area (Å²) in [5.74, 6) is -3.38. The van der Waals surface area contributed by atoms with E-state index in [1.165, 1.54) is 49.4 Å². The zero-order valence-corrected chi connectivity index (χ0v) is 19.4. The lowest BCUT2D eigenvalue weighted by Gasteiger charge is -2.19. The minimum atomic E-state index is -1.91. The van der Waals surface area contributed by atoms with E-state index in [1.807, 2.05) is 13.8 Å². The number of carboxylic acid groups (broad SMARTS) is 1. The monoisotopic (exact) mass is 485 g/mol. The van der Waals surface area contributed by atoms with Crippen LogP contribution in [0.3, 0.4) is 0 Å². The fraction of sp³-hybridized carbons (Fsp3) is 0.292. The van der Waals surface area contributed by atoms with Gasteiger partial charge in [0.05, 0.1) is 12.6 Å². The highest BCUT2D eigenvalue weighted by Crippen LogP contribution is 2.19. The number of hydrogen-bond acceptors (Lipinski definition) is 8. The molecule has 2 amide bonds. The maximum absolute atomic E-state index is 12.6. The number of phenolic OH excluding ortho intramolecular Hbond substituents is 1. The van der Waals surface area contributed by atoms with E-state index in [0.717, 1.165) is 6.07 Å². The number of aromatic hydroxyl groups is 1. The minimum absolute atomic E-state index is 0.0241. The van der Waals surface area contributed by atoms with Gasteiger partial charge < -0.3 is 25.0 Å². The molecule has 0 heterocycles. The Kier molecular flexibility index (Phi) is 9.33. The standard InChI is InChI=1S/C24H27N3O8/c1-13(2)12-34-24(33)27-21(25)15-7-9-16(10-8-15)22(30)26-14(3)19(29)20(23(31)32)35-18-6-4-5-17(28)11-18/h4-11,13-14,20,28H,12H2,1-3H3,(H,26,30)(H,31,32)(H2,25,27,33). The molecular formula is C24H27N3O8. The predicted octanol–water partition coefficient (Wildman–Crippen LogP) is 2.32. The molecule has 11 nitrogen and oxygen atoms in total. The van der Waals surface area contributed by atoms with E-state index < -0.39 is 35.9 Å². The van der Waals surface area contributed by atoms with E-state index in [9.17, 15) is 29.4 Å². The van der Waals surface area contributed by atoms with Gasteiger partial charge in [-0.1, -0.05) is 32.0 Å². The molecule has 0 aliphatic carbocycles. The number of hydrogen-bond donors (Lipinski definition) is 5. The number of amidine groups is 1. The lowest BCUT2D eigenvalue weighted by molar-refractivity contribution is -0.150. The summed E-state index contributed by atoms with van der Waals surface area (Å²) in [6.45, 7) is 5.27. The summed E-state index contributed by atoms with van der Waals surface area (Å²) in [6, 6.07) is 9.73. The number of alkyl carbamates (subject to hydrolysis) is 1. The van der Waals surface area contributed by atoms with Gasteiger partial charge in [0, 0.05) is 17.2 Å². The summed E-state index contributed by atoms with van der Waals surface area (Å²) in [6.07, 6.45) is -2.67. The normalized spacial score (nSPS) is 12.2. The first-order chi connectivity index (χ1) is 16.5. The molecule has 11 heteroatoms. The number of ether oxygens (including phenoxy) is 2. The van der Waals surface area contributed by atoms with Crippen LogP contribution >= 0.6 is 0 Å². The van der Waals surface area contributed by atoms with Gasteiger partial charge in [-0.25, -0.2) is 9.59 Å². The quantitative estimate of drug-likeness (QED) is 0.193. The Morgan fingerprint density at radius 1 is 1.00 bits per heavy atom. The maximum Gasteiger partial charge on any atom is 0.412 e. The molecule has 2 aromatic carbocycles. The second-order valence-corrected chi connectivity index (χ2v) is 8.00. The third-order valence-electron chi connectivity index (χ3n) is 4.54. The molecule has 0 aliphatic heterocycles. The number of nitrogens with one attached hydrogen (secondary N) is 3. The van der Waals surface area contributed by atoms with Gasteiger partial charge in [-0.15, -0.1) is 0 Å². The Labute approximate surface area is 201 Å². The lowest BCUT2D eigenvalue weighted by atomic mass is 10.1. The van der Waals surface area contributed by atoms with Gasteiger partial charge in [0.25, 0.3) is 12.0 Å². The number of amides is 2. The minimum Gasteiger partial charge on any atom is -0.508 e. The van der Waals surface area contributed by atoms with Crippen molar-refractivity contribution in [3.63, 3.8) is 0 Å². The van der Waals surface area contributed by atoms with E-state index in [0.29, 0.717) is 5.56 Å².